The molecule has 43 nitrogen and oxygen atoms in total. The second-order valence-electron chi connectivity index (χ2n) is 30.9. The van der Waals surface area contributed by atoms with Crippen LogP contribution in [-0.2, 0) is 78.2 Å². The van der Waals surface area contributed by atoms with Gasteiger partial charge in [-0.25, -0.2) is 4.79 Å². The van der Waals surface area contributed by atoms with Crippen LogP contribution >= 0.6 is 23.2 Å². The summed E-state index contributed by atoms with van der Waals surface area (Å²) in [4.78, 5) is 146. The number of ether oxygens (including phenoxy) is 8. The highest BCUT2D eigenvalue weighted by Crippen LogP contribution is 2.51. The lowest BCUT2D eigenvalue weighted by Gasteiger charge is -2.47. The number of nitrogens with two attached hydrogens (primary N) is 5. The number of carbonyl (C=O) groups excluding carboxylic acids is 10. The molecule has 6 aliphatic heterocycles. The summed E-state index contributed by atoms with van der Waals surface area (Å²) in [5.41, 5.74) is 24.2. The Morgan fingerprint density at radius 3 is 1.86 bits per heavy atom. The average molecular weight is 1790 g/mol. The molecule has 5 aromatic carbocycles. The van der Waals surface area contributed by atoms with Crippen LogP contribution in [0, 0.1) is 16.7 Å². The van der Waals surface area contributed by atoms with Crippen molar-refractivity contribution < 1.29 is 132 Å². The Morgan fingerprint density at radius 1 is 0.688 bits per heavy atom. The van der Waals surface area contributed by atoms with Gasteiger partial charge >= 0.3 is 11.9 Å². The van der Waals surface area contributed by atoms with Crippen LogP contribution in [0.4, 0.5) is 0 Å². The van der Waals surface area contributed by atoms with Crippen LogP contribution in [0.2, 0.25) is 10.0 Å². The third-order valence-electron chi connectivity index (χ3n) is 21.0. The number of hydrogen-bond acceptors (Lipinski definition) is 31. The molecular weight excluding hydrogens is 1690 g/mol. The fraction of sp³-hybridized carbons (Fsp3) is 0.475. The van der Waals surface area contributed by atoms with E-state index in [4.69, 9.17) is 101 Å². The number of carbonyl (C=O) groups is 10. The predicted octanol–water partition coefficient (Wildman–Crippen LogP) is -0.984. The highest BCUT2D eigenvalue weighted by molar-refractivity contribution is 6.32. The molecular formula is C80H104Cl2N16O27. The molecule has 9 bridgehead atoms. The molecule has 8 amide bonds. The number of nitrogens with one attached hydrogen (secondary N) is 11. The normalized spacial score (nSPS) is 25.1. The summed E-state index contributed by atoms with van der Waals surface area (Å²) in [6, 6.07) is -1.62. The van der Waals surface area contributed by atoms with Crippen LogP contribution in [0.25, 0.3) is 11.1 Å². The largest absolute Gasteiger partial charge is 0.507 e. The van der Waals surface area contributed by atoms with Gasteiger partial charge in [-0.15, -0.1) is 0 Å². The van der Waals surface area contributed by atoms with E-state index in [0.717, 1.165) is 74.9 Å². The standard InChI is InChI=1S/C80H104Cl2N16O27/c1-32(2)11-18-55(104)95-62-63(106)36-14-17-50(42(82)23-36)122-52-25-37-24-51(67(52)125-77-68(66(109)65(108)53(31-99)123-77)124-57-29-80(4,89)69(110)33(3)120-57)121-49-16-13-34(22-41(49)81)47(101)28-56(105)96-61(73(114)93-44(76(117)119-6)10-8-20-91-79(87)88)39-26-48(102)40(30-92-43(75(116)118-5)9-7-19-90-78(85)86)64(107)58(39)38-21-35(12-15-46(38)100)59(70(84)111)97-72(113)60(37)98-71(112)45(27-54(83)103)94-74(62)115/h12-17,21-26,32-33,43-45,47,53,57,59-63,65-66,68-69,77,92,99-102,106-110H,7-11,18-20,27-31,89H2,1-6H3,(H2,83,103)(H2,84,111)(H,93,114)(H,94,115)(H,95,104)(H,96,105)(H,97,113)(H,98,112)(H4,85,86,90)(H4,87,88,91)/t33-,43-,44-,45-,47-,53?,57-,59?,60+,61-,62+,63+,65?,66?,68+,69?,77+,80?/m0/s1. The number of esters is 2. The number of benzene rings is 5. The Hall–Kier alpha value is -11.7. The zero-order valence-corrected chi connectivity index (χ0v) is 70.0. The highest BCUT2D eigenvalue weighted by atomic mass is 35.5. The van der Waals surface area contributed by atoms with Crippen molar-refractivity contribution in [2.75, 3.05) is 33.9 Å². The number of hydrogen-bond donors (Lipinski definition) is 25. The number of fused-ring (bicyclic) bond motifs is 16. The van der Waals surface area contributed by atoms with Crippen molar-refractivity contribution >= 4 is 94.3 Å². The zero-order valence-electron chi connectivity index (χ0n) is 68.5. The fourth-order valence-corrected chi connectivity index (χ4v) is 14.8. The molecule has 0 aliphatic carbocycles. The monoisotopic (exact) mass is 1790 g/mol. The van der Waals surface area contributed by atoms with Crippen LogP contribution in [0.5, 0.6) is 46.0 Å². The summed E-state index contributed by atoms with van der Waals surface area (Å²) < 4.78 is 48.7. The lowest BCUT2D eigenvalue weighted by Crippen LogP contribution is -2.64. The lowest BCUT2D eigenvalue weighted by atomic mass is 9.86. The SMILES string of the molecule is COC(=O)[C@H](CCCNC(=N)N)NCc1c(O)cc2c(c1O)-c1cc(ccc1O)C(C(N)=O)NC(=O)[C@@H]1NC(=O)[C@H](CC(N)=O)NC(=O)[C@H](NC(=O)CCC(C)C)[C@H](O)c3ccc(c(Cl)c3)Oc3cc1cc(c3O[C@H]1OC(CO)C(O)C(O)[C@H]1O[C@H]1CC(C)(N)C(O)[C@H](C)O1)Oc1ccc(cc1Cl)[C@@H](O)CC(=O)N[C@@H]2C(=O)N[C@@H](CCCNC(=N)N)C(=O)OC. The summed E-state index contributed by atoms with van der Waals surface area (Å²) in [6.07, 6.45) is -20.1. The molecule has 680 valence electrons. The van der Waals surface area contributed by atoms with E-state index in [-0.39, 0.29) is 75.1 Å². The number of halogens is 2. The quantitative estimate of drug-likeness (QED) is 0.0130. The Labute approximate surface area is 724 Å². The van der Waals surface area contributed by atoms with Gasteiger partial charge in [-0.1, -0.05) is 55.2 Å². The number of methoxy groups -OCH3 is 2. The van der Waals surface area contributed by atoms with E-state index in [1.807, 2.05) is 13.8 Å². The first kappa shape index (κ1) is 97.1. The van der Waals surface area contributed by atoms with Gasteiger partial charge in [0.15, 0.2) is 35.8 Å². The molecule has 45 heteroatoms. The molecule has 2 fully saturated rings. The topological polar surface area (TPSA) is 713 Å². The first-order chi connectivity index (χ1) is 59.0. The number of phenolic OH excluding ortho intramolecular Hbond substituents is 3. The summed E-state index contributed by atoms with van der Waals surface area (Å²) in [6.45, 7) is 4.90. The average Bonchev–Trinajstić information content (AvgIpc) is 0.761. The van der Waals surface area contributed by atoms with E-state index >= 15 is 14.4 Å². The third-order valence-corrected chi connectivity index (χ3v) is 21.6. The number of amides is 8. The Balaban J connectivity index is 1.33. The minimum Gasteiger partial charge on any atom is -0.507 e. The second kappa shape index (κ2) is 42.8. The van der Waals surface area contributed by atoms with E-state index < -0.39 is 296 Å². The van der Waals surface area contributed by atoms with Crippen molar-refractivity contribution in [3.8, 4) is 57.1 Å². The minimum absolute atomic E-state index is 0.00346. The van der Waals surface area contributed by atoms with Gasteiger partial charge in [0.1, 0.15) is 95.5 Å². The maximum Gasteiger partial charge on any atom is 0.328 e. The smallest absolute Gasteiger partial charge is 0.328 e. The number of primary amides is 2. The number of aliphatic hydroxyl groups excluding tert-OH is 6. The zero-order chi connectivity index (χ0) is 91.9. The highest BCUT2D eigenvalue weighted by Gasteiger charge is 2.52. The predicted molar refractivity (Wildman–Crippen MR) is 440 cm³/mol. The first-order valence-corrected chi connectivity index (χ1v) is 40.2. The van der Waals surface area contributed by atoms with Crippen LogP contribution < -0.4 is 90.7 Å². The molecule has 0 spiro atoms. The van der Waals surface area contributed by atoms with Crippen molar-refractivity contribution in [3.05, 3.63) is 116 Å². The van der Waals surface area contributed by atoms with Gasteiger partial charge in [-0.2, -0.15) is 0 Å². The summed E-state index contributed by atoms with van der Waals surface area (Å²) >= 11 is 14.3. The molecule has 0 aromatic heterocycles. The molecule has 6 heterocycles. The Morgan fingerprint density at radius 2 is 1.29 bits per heavy atom. The molecule has 18 atom stereocenters. The number of rotatable bonds is 27. The number of guanidine groups is 2. The second-order valence-corrected chi connectivity index (χ2v) is 31.7. The molecule has 11 rings (SSSR count). The number of aromatic hydroxyl groups is 3. The molecule has 125 heavy (non-hydrogen) atoms. The minimum atomic E-state index is -2.42. The molecule has 6 aliphatic rings. The van der Waals surface area contributed by atoms with Gasteiger partial charge < -0.3 is 160 Å². The van der Waals surface area contributed by atoms with Crippen molar-refractivity contribution in [3.63, 3.8) is 0 Å². The molecule has 30 N–H and O–H groups in total. The van der Waals surface area contributed by atoms with Crippen LogP contribution in [0.1, 0.15) is 149 Å². The van der Waals surface area contributed by atoms with Crippen molar-refractivity contribution in [2.45, 2.75) is 201 Å². The summed E-state index contributed by atoms with van der Waals surface area (Å²) in [5.74, 6) is -19.0. The van der Waals surface area contributed by atoms with Crippen molar-refractivity contribution in [1.82, 2.24) is 47.9 Å². The van der Waals surface area contributed by atoms with Crippen LogP contribution in [0.3, 0.4) is 0 Å². The van der Waals surface area contributed by atoms with Gasteiger partial charge in [0, 0.05) is 49.1 Å². The molecule has 0 saturated carbocycles. The van der Waals surface area contributed by atoms with Crippen LogP contribution in [0.15, 0.2) is 72.8 Å². The van der Waals surface area contributed by atoms with Crippen LogP contribution in [-0.4, -0.2) is 230 Å². The van der Waals surface area contributed by atoms with Crippen molar-refractivity contribution in [1.29, 1.82) is 10.8 Å². The van der Waals surface area contributed by atoms with Gasteiger partial charge in [0.05, 0.1) is 67.6 Å². The molecule has 5 aromatic rings. The van der Waals surface area contributed by atoms with E-state index in [9.17, 15) is 79.5 Å². The Bertz CT molecular complexity index is 4860. The maximum atomic E-state index is 16.2. The number of aliphatic hydroxyl groups is 6. The van der Waals surface area contributed by atoms with Crippen molar-refractivity contribution in [2.24, 2.45) is 34.6 Å². The van der Waals surface area contributed by atoms with E-state index in [0.29, 0.717) is 0 Å². The third kappa shape index (κ3) is 24.5. The fourth-order valence-electron chi connectivity index (χ4n) is 14.3. The van der Waals surface area contributed by atoms with Gasteiger partial charge in [-0.3, -0.25) is 54.0 Å². The van der Waals surface area contributed by atoms with Gasteiger partial charge in [0.25, 0.3) is 0 Å². The van der Waals surface area contributed by atoms with E-state index in [1.165, 1.54) is 26.0 Å². The maximum absolute atomic E-state index is 16.2. The first-order valence-electron chi connectivity index (χ1n) is 39.4. The molecule has 0 radical (unpaired) electrons. The molecule has 6 unspecified atom stereocenters. The lowest BCUT2D eigenvalue weighted by molar-refractivity contribution is -0.333. The Kier molecular flexibility index (Phi) is 33.2. The van der Waals surface area contributed by atoms with Gasteiger partial charge in [0.2, 0.25) is 59.3 Å². The van der Waals surface area contributed by atoms with E-state index in [1.54, 1.807) is 0 Å². The van der Waals surface area contributed by atoms with E-state index in [2.05, 4.69) is 47.9 Å². The molecule has 2 saturated heterocycles. The summed E-state index contributed by atoms with van der Waals surface area (Å²) in [5, 5.41) is 145. The summed E-state index contributed by atoms with van der Waals surface area (Å²) in [7, 11) is 2.06. The number of phenols is 3. The van der Waals surface area contributed by atoms with Gasteiger partial charge in [-0.05, 0) is 134 Å².